The number of allylic oxidation sites excluding steroid dienone is 1. The third kappa shape index (κ3) is 10.9. The second-order valence-electron chi connectivity index (χ2n) is 8.17. The summed E-state index contributed by atoms with van der Waals surface area (Å²) < 4.78 is 51.4. The third-order valence-electron chi connectivity index (χ3n) is 4.87. The van der Waals surface area contributed by atoms with Gasteiger partial charge < -0.3 is 15.0 Å². The van der Waals surface area contributed by atoms with Crippen molar-refractivity contribution in [1.82, 2.24) is 10.1 Å². The van der Waals surface area contributed by atoms with Crippen molar-refractivity contribution in [2.45, 2.75) is 84.7 Å². The van der Waals surface area contributed by atoms with E-state index in [0.717, 1.165) is 51.0 Å². The van der Waals surface area contributed by atoms with Gasteiger partial charge in [0.2, 0.25) is 11.7 Å². The molecule has 0 spiro atoms. The summed E-state index contributed by atoms with van der Waals surface area (Å²) in [6.45, 7) is 7.81. The van der Waals surface area contributed by atoms with E-state index in [1.807, 2.05) is 13.0 Å². The Morgan fingerprint density at radius 3 is 2.47 bits per heavy atom. The Morgan fingerprint density at radius 1 is 1.18 bits per heavy atom. The number of ether oxygens (including phenoxy) is 1. The molecule has 0 bridgehead atoms. The Hall–Kier alpha value is -2.84. The fourth-order valence-electron chi connectivity index (χ4n) is 3.04. The number of nitrogens with one attached hydrogen (secondary N) is 1. The number of amidine groups is 1. The van der Waals surface area contributed by atoms with E-state index in [9.17, 15) is 13.2 Å². The summed E-state index contributed by atoms with van der Waals surface area (Å²) >= 11 is 0. The van der Waals surface area contributed by atoms with Crippen LogP contribution in [-0.4, -0.2) is 22.6 Å². The molecule has 0 fully saturated rings. The quantitative estimate of drug-likeness (QED) is 0.141. The first-order valence-corrected chi connectivity index (χ1v) is 11.7. The van der Waals surface area contributed by atoms with Gasteiger partial charge >= 0.3 is 6.18 Å². The van der Waals surface area contributed by atoms with Crippen molar-refractivity contribution in [1.29, 1.82) is 5.41 Å². The first kappa shape index (κ1) is 29.2. The summed E-state index contributed by atoms with van der Waals surface area (Å²) in [6, 6.07) is 3.87. The maximum Gasteiger partial charge on any atom is 0.419 e. The first-order valence-electron chi connectivity index (χ1n) is 11.7. The van der Waals surface area contributed by atoms with Gasteiger partial charge in [0.05, 0.1) is 11.4 Å². The first-order chi connectivity index (χ1) is 16.1. The monoisotopic (exact) mass is 482 g/mol. The lowest BCUT2D eigenvalue weighted by Gasteiger charge is -2.14. The van der Waals surface area contributed by atoms with Gasteiger partial charge in [-0.15, -0.1) is 0 Å². The minimum atomic E-state index is -4.54. The highest BCUT2D eigenvalue weighted by atomic mass is 19.4. The van der Waals surface area contributed by atoms with Crippen LogP contribution < -0.4 is 10.5 Å². The number of aromatic nitrogens is 2. The lowest BCUT2D eigenvalue weighted by molar-refractivity contribution is -0.138. The van der Waals surface area contributed by atoms with Gasteiger partial charge in [0.25, 0.3) is 0 Å². The minimum Gasteiger partial charge on any atom is -0.489 e. The maximum absolute atomic E-state index is 13.6. The van der Waals surface area contributed by atoms with Crippen LogP contribution in [0.15, 0.2) is 34.9 Å². The number of hydrogen-bond donors (Lipinski definition) is 2. The zero-order valence-corrected chi connectivity index (χ0v) is 20.5. The van der Waals surface area contributed by atoms with Crippen LogP contribution in [0, 0.1) is 5.41 Å². The highest BCUT2D eigenvalue weighted by Crippen LogP contribution is 2.38. The van der Waals surface area contributed by atoms with Crippen molar-refractivity contribution in [2.75, 3.05) is 6.61 Å². The molecule has 3 N–H and O–H groups in total. The van der Waals surface area contributed by atoms with Crippen molar-refractivity contribution >= 4 is 5.84 Å². The summed E-state index contributed by atoms with van der Waals surface area (Å²) in [5.41, 5.74) is 4.10. The lowest BCUT2D eigenvalue weighted by atomic mass is 10.0. The molecular formula is C25H37F3N4O2. The van der Waals surface area contributed by atoms with Gasteiger partial charge in [0, 0.05) is 11.5 Å². The Bertz CT molecular complexity index is 891. The predicted molar refractivity (Wildman–Crippen MR) is 129 cm³/mol. The lowest BCUT2D eigenvalue weighted by Crippen LogP contribution is -2.09. The van der Waals surface area contributed by atoms with Crippen molar-refractivity contribution in [3.63, 3.8) is 0 Å². The summed E-state index contributed by atoms with van der Waals surface area (Å²) in [5, 5.41) is 10.2. The molecule has 0 aliphatic rings. The molecule has 1 aromatic heterocycles. The molecule has 0 saturated heterocycles. The average molecular weight is 483 g/mol. The van der Waals surface area contributed by atoms with Crippen LogP contribution in [-0.2, 0) is 6.18 Å². The van der Waals surface area contributed by atoms with Crippen LogP contribution in [0.5, 0.6) is 5.75 Å². The molecule has 6 nitrogen and oxygen atoms in total. The third-order valence-corrected chi connectivity index (χ3v) is 4.87. The largest absolute Gasteiger partial charge is 0.489 e. The Balaban J connectivity index is 0.00000133. The zero-order valence-electron chi connectivity index (χ0n) is 20.5. The smallest absolute Gasteiger partial charge is 0.419 e. The van der Waals surface area contributed by atoms with Crippen LogP contribution in [0.25, 0.3) is 11.4 Å². The molecule has 1 aromatic carbocycles. The zero-order chi connectivity index (χ0) is 25.6. The number of alkyl halides is 3. The van der Waals surface area contributed by atoms with E-state index in [-0.39, 0.29) is 35.5 Å². The fourth-order valence-corrected chi connectivity index (χ4v) is 3.04. The summed E-state index contributed by atoms with van der Waals surface area (Å²) in [4.78, 5) is 4.30. The molecule has 1 atom stereocenters. The highest BCUT2D eigenvalue weighted by Gasteiger charge is 2.35. The van der Waals surface area contributed by atoms with Gasteiger partial charge in [-0.25, -0.2) is 0 Å². The van der Waals surface area contributed by atoms with E-state index >= 15 is 0 Å². The van der Waals surface area contributed by atoms with Crippen molar-refractivity contribution in [2.24, 2.45) is 5.73 Å². The van der Waals surface area contributed by atoms with Crippen molar-refractivity contribution in [3.05, 3.63) is 41.8 Å². The fraction of sp³-hybridized carbons (Fsp3) is 0.560. The SMILES string of the molecule is CC(=N)N.CCCCC/C=C/COc1ccc(-c2noc([C@@H](C)CCCC)n2)cc1C(F)(F)F. The van der Waals surface area contributed by atoms with Gasteiger partial charge in [-0.1, -0.05) is 63.8 Å². The molecule has 0 aliphatic carbocycles. The van der Waals surface area contributed by atoms with Crippen LogP contribution in [0.2, 0.25) is 0 Å². The topological polar surface area (TPSA) is 98.0 Å². The Morgan fingerprint density at radius 2 is 1.85 bits per heavy atom. The van der Waals surface area contributed by atoms with Crippen molar-refractivity contribution in [3.8, 4) is 17.1 Å². The van der Waals surface area contributed by atoms with E-state index in [4.69, 9.17) is 20.4 Å². The van der Waals surface area contributed by atoms with Gasteiger partial charge in [-0.05, 0) is 44.4 Å². The highest BCUT2D eigenvalue weighted by molar-refractivity contribution is 5.73. The van der Waals surface area contributed by atoms with Crippen LogP contribution in [0.4, 0.5) is 13.2 Å². The second kappa shape index (κ2) is 15.1. The molecule has 0 radical (unpaired) electrons. The molecule has 1 heterocycles. The minimum absolute atomic E-state index is 0.0695. The predicted octanol–water partition coefficient (Wildman–Crippen LogP) is 7.51. The van der Waals surface area contributed by atoms with Gasteiger partial charge in [-0.2, -0.15) is 18.2 Å². The standard InChI is InChI=1S/C23H31F3N2O2.C2H6N2/c1-4-6-8-9-10-11-15-29-20-14-13-18(16-19(20)23(24,25)26)21-27-22(30-28-21)17(3)12-7-5-2;1-2(3)4/h10-11,13-14,16-17H,4-9,12,15H2,1-3H3;1H3,(H3,3,4)/b11-10+;/t17-;/m0./s1. The van der Waals surface area contributed by atoms with E-state index in [0.29, 0.717) is 5.89 Å². The van der Waals surface area contributed by atoms with E-state index in [2.05, 4.69) is 24.0 Å². The number of rotatable bonds is 12. The molecule has 0 unspecified atom stereocenters. The molecule has 0 amide bonds. The second-order valence-corrected chi connectivity index (χ2v) is 8.17. The van der Waals surface area contributed by atoms with E-state index in [1.165, 1.54) is 19.1 Å². The van der Waals surface area contributed by atoms with Crippen LogP contribution in [0.1, 0.15) is 90.0 Å². The molecule has 2 rings (SSSR count). The number of unbranched alkanes of at least 4 members (excludes halogenated alkanes) is 4. The Kier molecular flexibility index (Phi) is 13.0. The summed E-state index contributed by atoms with van der Waals surface area (Å²) in [6.07, 6.45) is 6.36. The van der Waals surface area contributed by atoms with Gasteiger partial charge in [0.1, 0.15) is 12.4 Å². The van der Waals surface area contributed by atoms with Crippen molar-refractivity contribution < 1.29 is 22.4 Å². The van der Waals surface area contributed by atoms with E-state index in [1.54, 1.807) is 6.08 Å². The average Bonchev–Trinajstić information content (AvgIpc) is 3.26. The molecule has 2 aromatic rings. The van der Waals surface area contributed by atoms with E-state index < -0.39 is 11.7 Å². The molecule has 0 saturated carbocycles. The molecule has 9 heteroatoms. The van der Waals surface area contributed by atoms with Gasteiger partial charge in [0.15, 0.2) is 0 Å². The number of nitrogens with zero attached hydrogens (tertiary/aromatic N) is 2. The van der Waals surface area contributed by atoms with Crippen LogP contribution in [0.3, 0.4) is 0 Å². The Labute approximate surface area is 200 Å². The molecule has 190 valence electrons. The number of hydrogen-bond acceptors (Lipinski definition) is 5. The van der Waals surface area contributed by atoms with Crippen LogP contribution >= 0.6 is 0 Å². The molecular weight excluding hydrogens is 445 g/mol. The molecule has 34 heavy (non-hydrogen) atoms. The summed E-state index contributed by atoms with van der Waals surface area (Å²) in [7, 11) is 0. The molecule has 0 aliphatic heterocycles. The number of benzene rings is 1. The van der Waals surface area contributed by atoms with Gasteiger partial charge in [-0.3, -0.25) is 5.41 Å². The summed E-state index contributed by atoms with van der Waals surface area (Å²) in [5.74, 6) is 0.631. The number of nitrogens with two attached hydrogens (primary N) is 1. The normalized spacial score (nSPS) is 12.3. The maximum atomic E-state index is 13.6. The number of halogens is 3.